The first-order valence-electron chi connectivity index (χ1n) is 9.59. The van der Waals surface area contributed by atoms with Gasteiger partial charge in [0.05, 0.1) is 16.3 Å². The number of halogens is 1. The van der Waals surface area contributed by atoms with Crippen molar-refractivity contribution in [2.45, 2.75) is 13.8 Å². The first kappa shape index (κ1) is 18.6. The number of hydrogen-bond acceptors (Lipinski definition) is 2. The van der Waals surface area contributed by atoms with Crippen LogP contribution in [0.15, 0.2) is 60.7 Å². The van der Waals surface area contributed by atoms with E-state index < -0.39 is 0 Å². The number of amides is 1. The van der Waals surface area contributed by atoms with Crippen molar-refractivity contribution in [2.24, 2.45) is 0 Å². The summed E-state index contributed by atoms with van der Waals surface area (Å²) >= 11 is 6.33. The largest absolute Gasteiger partial charge is 0.367 e. The molecule has 4 rings (SSSR count). The average Bonchev–Trinajstić information content (AvgIpc) is 3.02. The number of aromatic nitrogens is 1. The maximum atomic E-state index is 13.2. The van der Waals surface area contributed by atoms with Crippen LogP contribution in [-0.4, -0.2) is 41.6 Å². The summed E-state index contributed by atoms with van der Waals surface area (Å²) in [6.45, 7) is 7.03. The molecule has 1 aliphatic rings. The number of nitrogens with zero attached hydrogens (tertiary/aromatic N) is 3. The molecule has 0 bridgehead atoms. The van der Waals surface area contributed by atoms with E-state index in [1.807, 2.05) is 67.3 Å². The Morgan fingerprint density at radius 2 is 1.54 bits per heavy atom. The number of hydrogen-bond donors (Lipinski definition) is 0. The molecule has 2 heterocycles. The minimum Gasteiger partial charge on any atom is -0.367 e. The molecule has 144 valence electrons. The first-order valence-corrected chi connectivity index (χ1v) is 9.97. The van der Waals surface area contributed by atoms with Gasteiger partial charge >= 0.3 is 0 Å². The molecule has 0 aliphatic carbocycles. The van der Waals surface area contributed by atoms with E-state index in [2.05, 4.69) is 21.6 Å². The molecule has 0 atom stereocenters. The summed E-state index contributed by atoms with van der Waals surface area (Å²) in [5.41, 5.74) is 4.97. The first-order chi connectivity index (χ1) is 13.6. The number of piperazine rings is 1. The molecule has 2 aromatic carbocycles. The summed E-state index contributed by atoms with van der Waals surface area (Å²) in [5, 5.41) is 0.758. The highest BCUT2D eigenvalue weighted by molar-refractivity contribution is 6.33. The average molecular weight is 394 g/mol. The van der Waals surface area contributed by atoms with Gasteiger partial charge in [0, 0.05) is 43.3 Å². The van der Waals surface area contributed by atoms with E-state index in [1.165, 1.54) is 0 Å². The van der Waals surface area contributed by atoms with Gasteiger partial charge in [0.15, 0.2) is 0 Å². The van der Waals surface area contributed by atoms with Crippen molar-refractivity contribution in [3.05, 3.63) is 82.6 Å². The van der Waals surface area contributed by atoms with Gasteiger partial charge in [0.25, 0.3) is 5.91 Å². The fraction of sp³-hybridized carbons (Fsp3) is 0.261. The molecule has 1 aromatic heterocycles. The molecule has 0 spiro atoms. The molecule has 5 heteroatoms. The van der Waals surface area contributed by atoms with Crippen LogP contribution < -0.4 is 4.90 Å². The summed E-state index contributed by atoms with van der Waals surface area (Å²) in [7, 11) is 0. The third kappa shape index (κ3) is 3.40. The van der Waals surface area contributed by atoms with Crippen LogP contribution in [0.25, 0.3) is 5.69 Å². The predicted molar refractivity (Wildman–Crippen MR) is 115 cm³/mol. The second kappa shape index (κ2) is 7.72. The lowest BCUT2D eigenvalue weighted by Crippen LogP contribution is -2.49. The minimum absolute atomic E-state index is 0.106. The van der Waals surface area contributed by atoms with Crippen molar-refractivity contribution in [2.75, 3.05) is 31.1 Å². The quantitative estimate of drug-likeness (QED) is 0.644. The van der Waals surface area contributed by atoms with E-state index in [-0.39, 0.29) is 5.91 Å². The number of anilines is 1. The van der Waals surface area contributed by atoms with Crippen LogP contribution in [0.4, 0.5) is 5.69 Å². The van der Waals surface area contributed by atoms with Gasteiger partial charge in [-0.05, 0) is 44.2 Å². The van der Waals surface area contributed by atoms with E-state index in [4.69, 9.17) is 11.6 Å². The SMILES string of the molecule is Cc1cc(C(=O)N2CCN(c3ccccc3Cl)CC2)c(C)n1-c1ccccc1. The fourth-order valence-corrected chi connectivity index (χ4v) is 4.24. The highest BCUT2D eigenvalue weighted by atomic mass is 35.5. The van der Waals surface area contributed by atoms with E-state index in [9.17, 15) is 4.79 Å². The minimum atomic E-state index is 0.106. The van der Waals surface area contributed by atoms with Gasteiger partial charge in [-0.1, -0.05) is 41.9 Å². The van der Waals surface area contributed by atoms with Gasteiger partial charge in [-0.15, -0.1) is 0 Å². The Kier molecular flexibility index (Phi) is 5.14. The van der Waals surface area contributed by atoms with Crippen molar-refractivity contribution in [3.8, 4) is 5.69 Å². The van der Waals surface area contributed by atoms with Crippen LogP contribution >= 0.6 is 11.6 Å². The highest BCUT2D eigenvalue weighted by Crippen LogP contribution is 2.27. The van der Waals surface area contributed by atoms with E-state index in [0.29, 0.717) is 13.1 Å². The van der Waals surface area contributed by atoms with Crippen molar-refractivity contribution in [1.29, 1.82) is 0 Å². The standard InChI is InChI=1S/C23H24ClN3O/c1-17-16-20(18(2)27(17)19-8-4-3-5-9-19)23(28)26-14-12-25(13-15-26)22-11-7-6-10-21(22)24/h3-11,16H,12-15H2,1-2H3. The molecule has 3 aromatic rings. The van der Waals surface area contributed by atoms with Crippen molar-refractivity contribution < 1.29 is 4.79 Å². The monoisotopic (exact) mass is 393 g/mol. The van der Waals surface area contributed by atoms with Gasteiger partial charge in [-0.3, -0.25) is 4.79 Å². The lowest BCUT2D eigenvalue weighted by molar-refractivity contribution is 0.0746. The molecule has 1 aliphatic heterocycles. The summed E-state index contributed by atoms with van der Waals surface area (Å²) in [5.74, 6) is 0.106. The third-order valence-electron chi connectivity index (χ3n) is 5.44. The lowest BCUT2D eigenvalue weighted by Gasteiger charge is -2.36. The molecule has 0 N–H and O–H groups in total. The van der Waals surface area contributed by atoms with Gasteiger partial charge in [0.1, 0.15) is 0 Å². The molecule has 28 heavy (non-hydrogen) atoms. The van der Waals surface area contributed by atoms with Crippen LogP contribution in [0, 0.1) is 13.8 Å². The van der Waals surface area contributed by atoms with Crippen molar-refractivity contribution in [1.82, 2.24) is 9.47 Å². The normalized spacial score (nSPS) is 14.4. The van der Waals surface area contributed by atoms with Crippen LogP contribution in [-0.2, 0) is 0 Å². The topological polar surface area (TPSA) is 28.5 Å². The molecule has 1 amide bonds. The molecular weight excluding hydrogens is 370 g/mol. The zero-order chi connectivity index (χ0) is 19.7. The van der Waals surface area contributed by atoms with E-state index >= 15 is 0 Å². The zero-order valence-corrected chi connectivity index (χ0v) is 17.0. The van der Waals surface area contributed by atoms with E-state index in [0.717, 1.165) is 46.4 Å². The van der Waals surface area contributed by atoms with Crippen LogP contribution in [0.5, 0.6) is 0 Å². The Hall–Kier alpha value is -2.72. The highest BCUT2D eigenvalue weighted by Gasteiger charge is 2.26. The fourth-order valence-electron chi connectivity index (χ4n) is 3.98. The van der Waals surface area contributed by atoms with E-state index in [1.54, 1.807) is 0 Å². The molecule has 1 fully saturated rings. The molecule has 0 radical (unpaired) electrons. The lowest BCUT2D eigenvalue weighted by atomic mass is 10.2. The smallest absolute Gasteiger partial charge is 0.255 e. The summed E-state index contributed by atoms with van der Waals surface area (Å²) < 4.78 is 2.15. The number of carbonyl (C=O) groups is 1. The summed E-state index contributed by atoms with van der Waals surface area (Å²) in [4.78, 5) is 17.4. The zero-order valence-electron chi connectivity index (χ0n) is 16.2. The predicted octanol–water partition coefficient (Wildman–Crippen LogP) is 4.71. The van der Waals surface area contributed by atoms with Gasteiger partial charge in [0.2, 0.25) is 0 Å². The second-order valence-corrected chi connectivity index (χ2v) is 7.59. The number of aryl methyl sites for hydroxylation is 1. The number of rotatable bonds is 3. The Morgan fingerprint density at radius 1 is 0.893 bits per heavy atom. The van der Waals surface area contributed by atoms with Crippen LogP contribution in [0.3, 0.4) is 0 Å². The molecule has 4 nitrogen and oxygen atoms in total. The van der Waals surface area contributed by atoms with Crippen molar-refractivity contribution >= 4 is 23.2 Å². The van der Waals surface area contributed by atoms with Crippen molar-refractivity contribution in [3.63, 3.8) is 0 Å². The third-order valence-corrected chi connectivity index (χ3v) is 5.76. The Bertz CT molecular complexity index is 988. The molecular formula is C23H24ClN3O. The molecule has 1 saturated heterocycles. The van der Waals surface area contributed by atoms with Gasteiger partial charge < -0.3 is 14.4 Å². The van der Waals surface area contributed by atoms with Gasteiger partial charge in [-0.25, -0.2) is 0 Å². The summed E-state index contributed by atoms with van der Waals surface area (Å²) in [6.07, 6.45) is 0. The second-order valence-electron chi connectivity index (χ2n) is 7.19. The van der Waals surface area contributed by atoms with Crippen LogP contribution in [0.1, 0.15) is 21.7 Å². The molecule has 0 unspecified atom stereocenters. The Labute approximate surface area is 170 Å². The number of carbonyl (C=O) groups excluding carboxylic acids is 1. The van der Waals surface area contributed by atoms with Gasteiger partial charge in [-0.2, -0.15) is 0 Å². The Morgan fingerprint density at radius 3 is 2.21 bits per heavy atom. The maximum Gasteiger partial charge on any atom is 0.255 e. The summed E-state index contributed by atoms with van der Waals surface area (Å²) in [6, 6.07) is 20.1. The maximum absolute atomic E-state index is 13.2. The Balaban J connectivity index is 1.51. The van der Waals surface area contributed by atoms with Crippen LogP contribution in [0.2, 0.25) is 5.02 Å². The number of para-hydroxylation sites is 2. The number of benzene rings is 2. The molecule has 0 saturated carbocycles.